The maximum atomic E-state index is 13.3. The number of aliphatic carboxylic acids is 1. The molecule has 1 saturated heterocycles. The van der Waals surface area contributed by atoms with Gasteiger partial charge in [0, 0.05) is 24.9 Å². The summed E-state index contributed by atoms with van der Waals surface area (Å²) < 4.78 is 55.1. The minimum absolute atomic E-state index is 0.0699. The van der Waals surface area contributed by atoms with Crippen molar-refractivity contribution in [3.63, 3.8) is 0 Å². The number of nitriles is 1. The first-order valence-corrected chi connectivity index (χ1v) is 10.5. The number of alkyl halides is 3. The first-order chi connectivity index (χ1) is 17.5. The number of nitrogens with zero attached hydrogens (tertiary/aromatic N) is 5. The van der Waals surface area contributed by atoms with Gasteiger partial charge >= 0.3 is 12.1 Å². The molecule has 1 aliphatic heterocycles. The number of rotatable bonds is 5. The standard InChI is InChI=1S/C17H18ClFN8O3.C2HF3O2/c18-12-7-11(1-2-13(12)19)23-16(25-28)15-14(26-30-27-15)8-21-17(22-9-20)24-10-3-5-29-6-4-10;3-2(4,5)1(6)7/h1-2,7,10,28H,3-6,8H2,(H,23,25)(H2,21,22,24);(H,6,7). The van der Waals surface area contributed by atoms with Crippen molar-refractivity contribution in [3.05, 3.63) is 40.4 Å². The first kappa shape index (κ1) is 29.1. The van der Waals surface area contributed by atoms with Gasteiger partial charge in [-0.15, -0.1) is 4.99 Å². The van der Waals surface area contributed by atoms with Crippen molar-refractivity contribution in [1.82, 2.24) is 20.9 Å². The molecular formula is C19H19ClF4N8O5. The molecule has 37 heavy (non-hydrogen) atoms. The Labute approximate surface area is 210 Å². The summed E-state index contributed by atoms with van der Waals surface area (Å²) in [5.74, 6) is -3.17. The Morgan fingerprint density at radius 3 is 2.54 bits per heavy atom. The molecule has 0 spiro atoms. The average molecular weight is 551 g/mol. The highest BCUT2D eigenvalue weighted by atomic mass is 35.5. The second-order valence-corrected chi connectivity index (χ2v) is 7.42. The fraction of sp³-hybridized carbons (Fsp3) is 0.368. The van der Waals surface area contributed by atoms with Crippen LogP contribution in [-0.2, 0) is 16.1 Å². The van der Waals surface area contributed by atoms with E-state index in [0.29, 0.717) is 18.9 Å². The van der Waals surface area contributed by atoms with Gasteiger partial charge in [0.05, 0.1) is 11.6 Å². The van der Waals surface area contributed by atoms with Crippen molar-refractivity contribution < 1.29 is 42.0 Å². The highest BCUT2D eigenvalue weighted by Crippen LogP contribution is 2.20. The molecule has 0 unspecified atom stereocenters. The summed E-state index contributed by atoms with van der Waals surface area (Å²) in [6.07, 6.45) is -1.78. The van der Waals surface area contributed by atoms with E-state index in [0.717, 1.165) is 18.9 Å². The summed E-state index contributed by atoms with van der Waals surface area (Å²) in [6, 6.07) is 4.01. The molecule has 1 aliphatic rings. The largest absolute Gasteiger partial charge is 0.490 e. The number of halogens is 5. The third-order valence-corrected chi connectivity index (χ3v) is 4.74. The number of amidine groups is 1. The molecule has 1 aromatic carbocycles. The topological polar surface area (TPSA) is 190 Å². The summed E-state index contributed by atoms with van der Waals surface area (Å²) in [7, 11) is 0. The predicted molar refractivity (Wildman–Crippen MR) is 118 cm³/mol. The molecule has 0 saturated carbocycles. The van der Waals surface area contributed by atoms with E-state index >= 15 is 0 Å². The second kappa shape index (κ2) is 13.8. The van der Waals surface area contributed by atoms with E-state index in [4.69, 9.17) is 36.1 Å². The summed E-state index contributed by atoms with van der Waals surface area (Å²) in [4.78, 5) is 12.6. The van der Waals surface area contributed by atoms with Crippen molar-refractivity contribution in [1.29, 1.82) is 5.26 Å². The van der Waals surface area contributed by atoms with Crippen LogP contribution in [0.25, 0.3) is 0 Å². The number of aliphatic imine (C=N–C) groups is 1. The van der Waals surface area contributed by atoms with Crippen molar-refractivity contribution in [2.24, 2.45) is 10.1 Å². The van der Waals surface area contributed by atoms with Crippen LogP contribution in [0, 0.1) is 17.3 Å². The SMILES string of the molecule is N#C/N=C(/NCc1nonc1/C(=N\O)Nc1ccc(F)c(Cl)c1)NC1CCOCC1.O=C(O)C(F)(F)F. The van der Waals surface area contributed by atoms with Gasteiger partial charge in [-0.25, -0.2) is 13.8 Å². The predicted octanol–water partition coefficient (Wildman–Crippen LogP) is 2.44. The van der Waals surface area contributed by atoms with Crippen LogP contribution in [0.15, 0.2) is 33.0 Å². The zero-order valence-corrected chi connectivity index (χ0v) is 19.3. The fourth-order valence-electron chi connectivity index (χ4n) is 2.72. The number of benzene rings is 1. The molecular weight excluding hydrogens is 532 g/mol. The van der Waals surface area contributed by atoms with Crippen LogP contribution >= 0.6 is 11.6 Å². The Hall–Kier alpha value is -4.17. The van der Waals surface area contributed by atoms with E-state index < -0.39 is 18.0 Å². The Bertz CT molecular complexity index is 1160. The third kappa shape index (κ3) is 9.42. The van der Waals surface area contributed by atoms with Gasteiger partial charge in [0.1, 0.15) is 11.5 Å². The van der Waals surface area contributed by atoms with Crippen LogP contribution in [-0.4, -0.2) is 63.8 Å². The van der Waals surface area contributed by atoms with Crippen LogP contribution in [0.2, 0.25) is 5.02 Å². The summed E-state index contributed by atoms with van der Waals surface area (Å²) in [6.45, 7) is 1.33. The number of carbonyl (C=O) groups is 1. The number of guanidine groups is 1. The lowest BCUT2D eigenvalue weighted by atomic mass is 10.1. The highest BCUT2D eigenvalue weighted by Gasteiger charge is 2.38. The molecule has 0 atom stereocenters. The average Bonchev–Trinajstić information content (AvgIpc) is 3.32. The second-order valence-electron chi connectivity index (χ2n) is 7.01. The number of hydrogen-bond donors (Lipinski definition) is 5. The van der Waals surface area contributed by atoms with Gasteiger partial charge in [-0.1, -0.05) is 21.9 Å². The molecule has 200 valence electrons. The number of aromatic nitrogens is 2. The number of anilines is 1. The zero-order valence-electron chi connectivity index (χ0n) is 18.6. The van der Waals surface area contributed by atoms with E-state index in [1.54, 1.807) is 6.19 Å². The van der Waals surface area contributed by atoms with E-state index in [2.05, 4.69) is 36.4 Å². The van der Waals surface area contributed by atoms with E-state index in [1.807, 2.05) is 0 Å². The van der Waals surface area contributed by atoms with E-state index in [1.165, 1.54) is 12.1 Å². The highest BCUT2D eigenvalue weighted by molar-refractivity contribution is 6.31. The molecule has 13 nitrogen and oxygen atoms in total. The quantitative estimate of drug-likeness (QED) is 0.0917. The fourth-order valence-corrected chi connectivity index (χ4v) is 2.90. The van der Waals surface area contributed by atoms with Crippen LogP contribution < -0.4 is 16.0 Å². The number of carboxylic acid groups (broad SMARTS) is 1. The van der Waals surface area contributed by atoms with Gasteiger partial charge in [0.25, 0.3) is 0 Å². The van der Waals surface area contributed by atoms with Gasteiger partial charge in [0.15, 0.2) is 5.69 Å². The lowest BCUT2D eigenvalue weighted by Crippen LogP contribution is -2.45. The number of ether oxygens (including phenoxy) is 1. The van der Waals surface area contributed by atoms with Gasteiger partial charge in [-0.2, -0.15) is 18.4 Å². The summed E-state index contributed by atoms with van der Waals surface area (Å²) in [5, 5.41) is 44.9. The van der Waals surface area contributed by atoms with Crippen LogP contribution in [0.1, 0.15) is 24.2 Å². The number of carboxylic acids is 1. The molecule has 0 bridgehead atoms. The van der Waals surface area contributed by atoms with Gasteiger partial charge in [-0.3, -0.25) is 0 Å². The lowest BCUT2D eigenvalue weighted by Gasteiger charge is -2.24. The third-order valence-electron chi connectivity index (χ3n) is 4.45. The molecule has 3 rings (SSSR count). The molecule has 0 amide bonds. The van der Waals surface area contributed by atoms with Crippen LogP contribution in [0.3, 0.4) is 0 Å². The number of hydrogen-bond acceptors (Lipinski definition) is 9. The van der Waals surface area contributed by atoms with Crippen molar-refractivity contribution >= 4 is 35.1 Å². The van der Waals surface area contributed by atoms with Crippen molar-refractivity contribution in [2.75, 3.05) is 18.5 Å². The molecule has 0 aliphatic carbocycles. The Balaban J connectivity index is 0.000000604. The van der Waals surface area contributed by atoms with Crippen LogP contribution in [0.4, 0.5) is 23.2 Å². The van der Waals surface area contributed by atoms with E-state index in [9.17, 15) is 22.8 Å². The monoisotopic (exact) mass is 550 g/mol. The smallest absolute Gasteiger partial charge is 0.475 e. The Morgan fingerprint density at radius 1 is 1.30 bits per heavy atom. The molecule has 0 radical (unpaired) electrons. The van der Waals surface area contributed by atoms with Crippen molar-refractivity contribution in [3.8, 4) is 6.19 Å². The zero-order chi connectivity index (χ0) is 27.4. The Morgan fingerprint density at radius 2 is 1.97 bits per heavy atom. The molecule has 2 aromatic rings. The molecule has 5 N–H and O–H groups in total. The maximum absolute atomic E-state index is 13.3. The van der Waals surface area contributed by atoms with E-state index in [-0.39, 0.29) is 40.8 Å². The first-order valence-electron chi connectivity index (χ1n) is 10.2. The number of oxime groups is 1. The maximum Gasteiger partial charge on any atom is 0.490 e. The van der Waals surface area contributed by atoms with Crippen LogP contribution in [0.5, 0.6) is 0 Å². The summed E-state index contributed by atoms with van der Waals surface area (Å²) >= 11 is 5.76. The minimum Gasteiger partial charge on any atom is -0.475 e. The van der Waals surface area contributed by atoms with Crippen molar-refractivity contribution in [2.45, 2.75) is 31.6 Å². The minimum atomic E-state index is -5.08. The van der Waals surface area contributed by atoms with Gasteiger partial charge in [-0.05, 0) is 36.2 Å². The molecule has 1 fully saturated rings. The molecule has 1 aromatic heterocycles. The van der Waals surface area contributed by atoms with Gasteiger partial charge in [0.2, 0.25) is 18.0 Å². The normalized spacial score (nSPS) is 14.7. The molecule has 2 heterocycles. The summed E-state index contributed by atoms with van der Waals surface area (Å²) in [5.41, 5.74) is 0.750. The molecule has 18 heteroatoms. The van der Waals surface area contributed by atoms with Gasteiger partial charge < -0.3 is 31.0 Å². The lowest BCUT2D eigenvalue weighted by molar-refractivity contribution is -0.192. The Kier molecular flexibility index (Phi) is 10.8. The number of nitrogens with one attached hydrogen (secondary N) is 3.